The minimum atomic E-state index is -0.350. The topological polar surface area (TPSA) is 67.9 Å². The molecule has 6 nitrogen and oxygen atoms in total. The van der Waals surface area contributed by atoms with Gasteiger partial charge in [-0.3, -0.25) is 9.59 Å². The van der Waals surface area contributed by atoms with Crippen molar-refractivity contribution in [1.82, 2.24) is 4.90 Å². The number of methoxy groups -OCH3 is 1. The first-order chi connectivity index (χ1) is 13.4. The summed E-state index contributed by atoms with van der Waals surface area (Å²) in [6.07, 6.45) is 1.93. The van der Waals surface area contributed by atoms with Gasteiger partial charge in [0.05, 0.1) is 31.0 Å². The molecule has 8 heteroatoms. The number of hydrogen-bond donors (Lipinski definition) is 1. The first kappa shape index (κ1) is 21.9. The van der Waals surface area contributed by atoms with E-state index in [2.05, 4.69) is 5.32 Å². The lowest BCUT2D eigenvalue weighted by Gasteiger charge is -2.19. The molecule has 28 heavy (non-hydrogen) atoms. The number of anilines is 1. The zero-order valence-corrected chi connectivity index (χ0v) is 17.8. The van der Waals surface area contributed by atoms with Crippen LogP contribution in [0.25, 0.3) is 0 Å². The molecule has 0 fully saturated rings. The van der Waals surface area contributed by atoms with Crippen LogP contribution in [0.1, 0.15) is 17.3 Å². The molecule has 0 saturated carbocycles. The Labute approximate surface area is 174 Å². The van der Waals surface area contributed by atoms with Gasteiger partial charge in [0.2, 0.25) is 5.91 Å². The van der Waals surface area contributed by atoms with Crippen LogP contribution in [0.3, 0.4) is 0 Å². The van der Waals surface area contributed by atoms with Gasteiger partial charge in [0, 0.05) is 17.5 Å². The van der Waals surface area contributed by atoms with Crippen molar-refractivity contribution in [2.24, 2.45) is 0 Å². The number of nitrogens with one attached hydrogen (secondary N) is 1. The van der Waals surface area contributed by atoms with E-state index in [0.717, 1.165) is 4.90 Å². The number of halogens is 1. The summed E-state index contributed by atoms with van der Waals surface area (Å²) in [6.45, 7) is 2.14. The summed E-state index contributed by atoms with van der Waals surface area (Å²) < 4.78 is 10.7. The smallest absolute Gasteiger partial charge is 0.254 e. The van der Waals surface area contributed by atoms with E-state index < -0.39 is 0 Å². The van der Waals surface area contributed by atoms with E-state index in [1.807, 2.05) is 37.4 Å². The molecule has 0 aliphatic carbocycles. The summed E-state index contributed by atoms with van der Waals surface area (Å²) in [6, 6.07) is 10.6. The van der Waals surface area contributed by atoms with Crippen molar-refractivity contribution >= 4 is 40.9 Å². The van der Waals surface area contributed by atoms with Gasteiger partial charge in [-0.25, -0.2) is 0 Å². The Balaban J connectivity index is 2.11. The Bertz CT molecular complexity index is 860. The molecule has 0 saturated heterocycles. The van der Waals surface area contributed by atoms with E-state index in [-0.39, 0.29) is 23.4 Å². The Hall–Kier alpha value is -2.38. The molecule has 0 spiro atoms. The van der Waals surface area contributed by atoms with Crippen LogP contribution in [-0.2, 0) is 4.79 Å². The molecule has 2 aromatic rings. The van der Waals surface area contributed by atoms with Crippen molar-refractivity contribution in [3.63, 3.8) is 0 Å². The Kier molecular flexibility index (Phi) is 8.02. The van der Waals surface area contributed by atoms with Crippen LogP contribution >= 0.6 is 23.4 Å². The standard InChI is InChI=1S/C20H23ClN2O4S/c1-5-27-19-14(21)10-13(11-16(19)26-3)20(25)23(2)12-18(24)22-15-8-6-7-9-17(15)28-4/h6-11H,5,12H2,1-4H3,(H,22,24). The number of para-hydroxylation sites is 1. The number of ether oxygens (including phenoxy) is 2. The van der Waals surface area contributed by atoms with Crippen molar-refractivity contribution in [3.05, 3.63) is 47.0 Å². The first-order valence-electron chi connectivity index (χ1n) is 8.59. The van der Waals surface area contributed by atoms with Crippen molar-refractivity contribution in [2.45, 2.75) is 11.8 Å². The summed E-state index contributed by atoms with van der Waals surface area (Å²) in [5, 5.41) is 3.11. The third-order valence-corrected chi connectivity index (χ3v) is 4.95. The maximum absolute atomic E-state index is 12.7. The molecule has 0 aromatic heterocycles. The van der Waals surface area contributed by atoms with Crippen molar-refractivity contribution < 1.29 is 19.1 Å². The average Bonchev–Trinajstić information content (AvgIpc) is 2.69. The van der Waals surface area contributed by atoms with Gasteiger partial charge < -0.3 is 19.7 Å². The number of likely N-dealkylation sites (N-methyl/N-ethyl adjacent to an activating group) is 1. The summed E-state index contributed by atoms with van der Waals surface area (Å²) in [5.41, 5.74) is 1.02. The minimum absolute atomic E-state index is 0.102. The molecule has 2 rings (SSSR count). The van der Waals surface area contributed by atoms with Gasteiger partial charge in [0.15, 0.2) is 11.5 Å². The molecular formula is C20H23ClN2O4S. The number of rotatable bonds is 8. The predicted octanol–water partition coefficient (Wildman–Crippen LogP) is 4.18. The maximum atomic E-state index is 12.7. The van der Waals surface area contributed by atoms with Crippen LogP contribution in [0.15, 0.2) is 41.3 Å². The van der Waals surface area contributed by atoms with Gasteiger partial charge in [-0.15, -0.1) is 11.8 Å². The van der Waals surface area contributed by atoms with Gasteiger partial charge in [-0.1, -0.05) is 23.7 Å². The lowest BCUT2D eigenvalue weighted by Crippen LogP contribution is -2.35. The SMILES string of the molecule is CCOc1c(Cl)cc(C(=O)N(C)CC(=O)Nc2ccccc2SC)cc1OC. The maximum Gasteiger partial charge on any atom is 0.254 e. The molecule has 150 valence electrons. The fourth-order valence-electron chi connectivity index (χ4n) is 2.57. The molecule has 0 aliphatic rings. The van der Waals surface area contributed by atoms with Crippen LogP contribution in [0, 0.1) is 0 Å². The Morgan fingerprint density at radius 3 is 2.61 bits per heavy atom. The first-order valence-corrected chi connectivity index (χ1v) is 10.2. The average molecular weight is 423 g/mol. The molecule has 0 aliphatic heterocycles. The molecular weight excluding hydrogens is 400 g/mol. The number of amides is 2. The summed E-state index contributed by atoms with van der Waals surface area (Å²) in [4.78, 5) is 27.4. The summed E-state index contributed by atoms with van der Waals surface area (Å²) >= 11 is 7.76. The lowest BCUT2D eigenvalue weighted by atomic mass is 10.1. The highest BCUT2D eigenvalue weighted by atomic mass is 35.5. The monoisotopic (exact) mass is 422 g/mol. The van der Waals surface area contributed by atoms with Gasteiger partial charge in [0.25, 0.3) is 5.91 Å². The Morgan fingerprint density at radius 1 is 1.25 bits per heavy atom. The third-order valence-electron chi connectivity index (χ3n) is 3.87. The second-order valence-corrected chi connectivity index (χ2v) is 7.09. The number of carbonyl (C=O) groups excluding carboxylic acids is 2. The molecule has 0 unspecified atom stereocenters. The number of thioether (sulfide) groups is 1. The Morgan fingerprint density at radius 2 is 1.96 bits per heavy atom. The molecule has 0 radical (unpaired) electrons. The highest BCUT2D eigenvalue weighted by Gasteiger charge is 2.20. The summed E-state index contributed by atoms with van der Waals surface area (Å²) in [7, 11) is 3.03. The fraction of sp³-hybridized carbons (Fsp3) is 0.300. The number of hydrogen-bond acceptors (Lipinski definition) is 5. The van der Waals surface area contributed by atoms with Crippen LogP contribution < -0.4 is 14.8 Å². The molecule has 0 heterocycles. The van der Waals surface area contributed by atoms with Gasteiger partial charge in [0.1, 0.15) is 0 Å². The second kappa shape index (κ2) is 10.2. The predicted molar refractivity (Wildman–Crippen MR) is 113 cm³/mol. The molecule has 2 aromatic carbocycles. The largest absolute Gasteiger partial charge is 0.493 e. The normalized spacial score (nSPS) is 10.3. The lowest BCUT2D eigenvalue weighted by molar-refractivity contribution is -0.116. The van der Waals surface area contributed by atoms with E-state index in [4.69, 9.17) is 21.1 Å². The summed E-state index contributed by atoms with van der Waals surface area (Å²) in [5.74, 6) is 0.111. The van der Waals surface area contributed by atoms with Crippen LogP contribution in [0.2, 0.25) is 5.02 Å². The quantitative estimate of drug-likeness (QED) is 0.646. The highest BCUT2D eigenvalue weighted by Crippen LogP contribution is 2.36. The third kappa shape index (κ3) is 5.33. The van der Waals surface area contributed by atoms with Crippen molar-refractivity contribution in [2.75, 3.05) is 38.9 Å². The van der Waals surface area contributed by atoms with E-state index in [9.17, 15) is 9.59 Å². The van der Waals surface area contributed by atoms with E-state index in [0.29, 0.717) is 29.4 Å². The van der Waals surface area contributed by atoms with E-state index >= 15 is 0 Å². The van der Waals surface area contributed by atoms with Gasteiger partial charge in [-0.05, 0) is 37.4 Å². The van der Waals surface area contributed by atoms with E-state index in [1.54, 1.807) is 13.1 Å². The molecule has 2 amide bonds. The fourth-order valence-corrected chi connectivity index (χ4v) is 3.39. The zero-order chi connectivity index (χ0) is 20.7. The van der Waals surface area contributed by atoms with Crippen LogP contribution in [-0.4, -0.2) is 50.3 Å². The van der Waals surface area contributed by atoms with Gasteiger partial charge in [-0.2, -0.15) is 0 Å². The second-order valence-electron chi connectivity index (χ2n) is 5.83. The van der Waals surface area contributed by atoms with Crippen molar-refractivity contribution in [3.8, 4) is 11.5 Å². The van der Waals surface area contributed by atoms with Crippen LogP contribution in [0.5, 0.6) is 11.5 Å². The number of benzene rings is 2. The van der Waals surface area contributed by atoms with Gasteiger partial charge >= 0.3 is 0 Å². The highest BCUT2D eigenvalue weighted by molar-refractivity contribution is 7.98. The molecule has 0 atom stereocenters. The molecule has 0 bridgehead atoms. The minimum Gasteiger partial charge on any atom is -0.493 e. The molecule has 1 N–H and O–H groups in total. The zero-order valence-electron chi connectivity index (χ0n) is 16.2. The van der Waals surface area contributed by atoms with Crippen molar-refractivity contribution in [1.29, 1.82) is 0 Å². The van der Waals surface area contributed by atoms with Crippen LogP contribution in [0.4, 0.5) is 5.69 Å². The number of nitrogens with zero attached hydrogens (tertiary/aromatic N) is 1. The number of carbonyl (C=O) groups is 2. The van der Waals surface area contributed by atoms with E-state index in [1.165, 1.54) is 29.8 Å².